The molecule has 0 spiro atoms. The Hall–Kier alpha value is -2.16. The topological polar surface area (TPSA) is 39.2 Å². The van der Waals surface area contributed by atoms with Gasteiger partial charge in [-0.05, 0) is 43.2 Å². The standard InChI is InChI=1S/C15H15NO2/c1-10-6-12(11(2)17)8-13(7-10)14-9-16-5-4-15(14)18-3/h4-9H,1-3H3. The number of hydrogen-bond acceptors (Lipinski definition) is 3. The van der Waals surface area contributed by atoms with Gasteiger partial charge in [0.25, 0.3) is 0 Å². The summed E-state index contributed by atoms with van der Waals surface area (Å²) in [4.78, 5) is 15.6. The number of ether oxygens (including phenoxy) is 1. The Morgan fingerprint density at radius 2 is 2.06 bits per heavy atom. The Kier molecular flexibility index (Phi) is 3.42. The molecule has 1 heterocycles. The number of Topliss-reactive ketones (excluding diaryl/α,β-unsaturated/α-hetero) is 1. The second-order valence-electron chi connectivity index (χ2n) is 4.22. The first-order chi connectivity index (χ1) is 8.61. The maximum atomic E-state index is 11.5. The number of nitrogens with zero attached hydrogens (tertiary/aromatic N) is 1. The van der Waals surface area contributed by atoms with Crippen molar-refractivity contribution in [1.29, 1.82) is 0 Å². The van der Waals surface area contributed by atoms with Gasteiger partial charge in [-0.2, -0.15) is 0 Å². The smallest absolute Gasteiger partial charge is 0.159 e. The fourth-order valence-electron chi connectivity index (χ4n) is 1.92. The molecule has 0 aliphatic rings. The molecule has 3 heteroatoms. The van der Waals surface area contributed by atoms with Crippen LogP contribution in [0.3, 0.4) is 0 Å². The molecule has 3 nitrogen and oxygen atoms in total. The fraction of sp³-hybridized carbons (Fsp3) is 0.200. The summed E-state index contributed by atoms with van der Waals surface area (Å²) in [6.45, 7) is 3.54. The molecule has 1 aromatic carbocycles. The van der Waals surface area contributed by atoms with E-state index in [1.165, 1.54) is 0 Å². The molecule has 2 aromatic rings. The maximum Gasteiger partial charge on any atom is 0.159 e. The van der Waals surface area contributed by atoms with Gasteiger partial charge in [0.05, 0.1) is 7.11 Å². The van der Waals surface area contributed by atoms with Gasteiger partial charge in [-0.25, -0.2) is 0 Å². The molecule has 92 valence electrons. The van der Waals surface area contributed by atoms with Gasteiger partial charge < -0.3 is 4.74 Å². The number of benzene rings is 1. The molecule has 0 fully saturated rings. The molecule has 18 heavy (non-hydrogen) atoms. The lowest BCUT2D eigenvalue weighted by Gasteiger charge is -2.09. The Morgan fingerprint density at radius 3 is 2.72 bits per heavy atom. The minimum Gasteiger partial charge on any atom is -0.496 e. The van der Waals surface area contributed by atoms with Crippen LogP contribution in [-0.2, 0) is 0 Å². The predicted octanol–water partition coefficient (Wildman–Crippen LogP) is 3.27. The summed E-state index contributed by atoms with van der Waals surface area (Å²) in [5.41, 5.74) is 3.59. The van der Waals surface area contributed by atoms with Crippen molar-refractivity contribution >= 4 is 5.78 Å². The second-order valence-corrected chi connectivity index (χ2v) is 4.22. The van der Waals surface area contributed by atoms with Crippen molar-refractivity contribution in [3.8, 4) is 16.9 Å². The van der Waals surface area contributed by atoms with Crippen LogP contribution in [0, 0.1) is 6.92 Å². The van der Waals surface area contributed by atoms with E-state index in [4.69, 9.17) is 4.74 Å². The first kappa shape index (κ1) is 12.3. The average Bonchev–Trinajstić information content (AvgIpc) is 2.38. The Balaban J connectivity index is 2.60. The van der Waals surface area contributed by atoms with Gasteiger partial charge in [0.15, 0.2) is 5.78 Å². The quantitative estimate of drug-likeness (QED) is 0.774. The highest BCUT2D eigenvalue weighted by Crippen LogP contribution is 2.30. The molecule has 0 amide bonds. The van der Waals surface area contributed by atoms with Crippen molar-refractivity contribution in [3.63, 3.8) is 0 Å². The van der Waals surface area contributed by atoms with Gasteiger partial charge in [-0.1, -0.05) is 6.07 Å². The summed E-state index contributed by atoms with van der Waals surface area (Å²) in [5, 5.41) is 0. The number of ketones is 1. The van der Waals surface area contributed by atoms with E-state index in [1.807, 2.05) is 31.2 Å². The van der Waals surface area contributed by atoms with E-state index in [9.17, 15) is 4.79 Å². The molecule has 0 aliphatic carbocycles. The number of rotatable bonds is 3. The minimum absolute atomic E-state index is 0.0582. The summed E-state index contributed by atoms with van der Waals surface area (Å²) < 4.78 is 5.32. The van der Waals surface area contributed by atoms with E-state index in [2.05, 4.69) is 4.98 Å². The van der Waals surface area contributed by atoms with E-state index in [1.54, 1.807) is 26.4 Å². The van der Waals surface area contributed by atoms with E-state index in [0.29, 0.717) is 5.56 Å². The number of aryl methyl sites for hydroxylation is 1. The van der Waals surface area contributed by atoms with Crippen LogP contribution in [0.2, 0.25) is 0 Å². The number of hydrogen-bond donors (Lipinski definition) is 0. The second kappa shape index (κ2) is 5.00. The number of carbonyl (C=O) groups is 1. The molecule has 0 bridgehead atoms. The van der Waals surface area contributed by atoms with Crippen LogP contribution in [0.4, 0.5) is 0 Å². The number of pyridine rings is 1. The summed E-state index contributed by atoms with van der Waals surface area (Å²) in [5.74, 6) is 0.813. The van der Waals surface area contributed by atoms with E-state index in [-0.39, 0.29) is 5.78 Å². The SMILES string of the molecule is COc1ccncc1-c1cc(C)cc(C(C)=O)c1. The largest absolute Gasteiger partial charge is 0.496 e. The van der Waals surface area contributed by atoms with Gasteiger partial charge >= 0.3 is 0 Å². The monoisotopic (exact) mass is 241 g/mol. The van der Waals surface area contributed by atoms with Crippen LogP contribution in [0.5, 0.6) is 5.75 Å². The third kappa shape index (κ3) is 2.40. The van der Waals surface area contributed by atoms with Crippen LogP contribution >= 0.6 is 0 Å². The van der Waals surface area contributed by atoms with Crippen molar-refractivity contribution in [2.75, 3.05) is 7.11 Å². The maximum absolute atomic E-state index is 11.5. The van der Waals surface area contributed by atoms with E-state index >= 15 is 0 Å². The third-order valence-corrected chi connectivity index (χ3v) is 2.80. The number of aromatic nitrogens is 1. The van der Waals surface area contributed by atoms with Crippen LogP contribution in [0.25, 0.3) is 11.1 Å². The molecule has 0 N–H and O–H groups in total. The van der Waals surface area contributed by atoms with Gasteiger partial charge in [-0.3, -0.25) is 9.78 Å². The lowest BCUT2D eigenvalue weighted by Crippen LogP contribution is -1.95. The summed E-state index contributed by atoms with van der Waals surface area (Å²) in [6, 6.07) is 7.58. The van der Waals surface area contributed by atoms with Gasteiger partial charge in [-0.15, -0.1) is 0 Å². The van der Waals surface area contributed by atoms with E-state index < -0.39 is 0 Å². The first-order valence-electron chi connectivity index (χ1n) is 5.73. The highest BCUT2D eigenvalue weighted by molar-refractivity contribution is 5.95. The fourth-order valence-corrected chi connectivity index (χ4v) is 1.92. The molecular weight excluding hydrogens is 226 g/mol. The molecular formula is C15H15NO2. The van der Waals surface area contributed by atoms with Crippen molar-refractivity contribution in [2.45, 2.75) is 13.8 Å². The van der Waals surface area contributed by atoms with Crippen LogP contribution in [0.1, 0.15) is 22.8 Å². The van der Waals surface area contributed by atoms with E-state index in [0.717, 1.165) is 22.4 Å². The van der Waals surface area contributed by atoms with Crippen LogP contribution in [-0.4, -0.2) is 17.9 Å². The molecule has 0 atom stereocenters. The molecule has 0 saturated carbocycles. The van der Waals surface area contributed by atoms with Gasteiger partial charge in [0.1, 0.15) is 5.75 Å². The zero-order valence-corrected chi connectivity index (χ0v) is 10.7. The Morgan fingerprint density at radius 1 is 1.28 bits per heavy atom. The Labute approximate surface area is 106 Å². The zero-order valence-electron chi connectivity index (χ0n) is 10.7. The molecule has 1 aromatic heterocycles. The minimum atomic E-state index is 0.0582. The molecule has 0 unspecified atom stereocenters. The van der Waals surface area contributed by atoms with Gasteiger partial charge in [0.2, 0.25) is 0 Å². The first-order valence-corrected chi connectivity index (χ1v) is 5.73. The number of carbonyl (C=O) groups excluding carboxylic acids is 1. The van der Waals surface area contributed by atoms with Crippen molar-refractivity contribution in [2.24, 2.45) is 0 Å². The average molecular weight is 241 g/mol. The van der Waals surface area contributed by atoms with Crippen molar-refractivity contribution in [3.05, 3.63) is 47.8 Å². The molecule has 0 radical (unpaired) electrons. The lowest BCUT2D eigenvalue weighted by molar-refractivity contribution is 0.101. The zero-order chi connectivity index (χ0) is 13.1. The molecule has 2 rings (SSSR count). The normalized spacial score (nSPS) is 10.2. The third-order valence-electron chi connectivity index (χ3n) is 2.80. The highest BCUT2D eigenvalue weighted by Gasteiger charge is 2.09. The van der Waals surface area contributed by atoms with Crippen molar-refractivity contribution in [1.82, 2.24) is 4.98 Å². The van der Waals surface area contributed by atoms with Crippen molar-refractivity contribution < 1.29 is 9.53 Å². The predicted molar refractivity (Wildman–Crippen MR) is 71.0 cm³/mol. The van der Waals surface area contributed by atoms with Gasteiger partial charge in [0, 0.05) is 23.5 Å². The summed E-state index contributed by atoms with van der Waals surface area (Å²) in [7, 11) is 1.63. The van der Waals surface area contributed by atoms with Crippen LogP contribution < -0.4 is 4.74 Å². The summed E-state index contributed by atoms with van der Waals surface area (Å²) in [6.07, 6.45) is 3.43. The van der Waals surface area contributed by atoms with Crippen LogP contribution in [0.15, 0.2) is 36.7 Å². The molecule has 0 saturated heterocycles. The summed E-state index contributed by atoms with van der Waals surface area (Å²) >= 11 is 0. The highest BCUT2D eigenvalue weighted by atomic mass is 16.5. The Bertz CT molecular complexity index is 591. The number of methoxy groups -OCH3 is 1. The lowest BCUT2D eigenvalue weighted by atomic mass is 9.99. The molecule has 0 aliphatic heterocycles.